The molecule has 1 heterocycles. The van der Waals surface area contributed by atoms with Crippen LogP contribution in [0.3, 0.4) is 0 Å². The number of hydrogen-bond donors (Lipinski definition) is 0. The van der Waals surface area contributed by atoms with E-state index in [2.05, 4.69) is 11.9 Å². The average molecular weight is 210 g/mol. The minimum absolute atomic E-state index is 0.135. The van der Waals surface area contributed by atoms with Crippen molar-refractivity contribution in [2.75, 3.05) is 0 Å². The van der Waals surface area contributed by atoms with Crippen LogP contribution < -0.4 is 0 Å². The average Bonchev–Trinajstić information content (AvgIpc) is 2.70. The minimum Gasteiger partial charge on any atom is -0.441 e. The summed E-state index contributed by atoms with van der Waals surface area (Å²) in [6.07, 6.45) is 8.44. The van der Waals surface area contributed by atoms with E-state index in [9.17, 15) is 4.79 Å². The second-order valence-corrected chi connectivity index (χ2v) is 3.56. The quantitative estimate of drug-likeness (QED) is 0.535. The molecule has 0 aliphatic heterocycles. The standard InChI is InChI=1S/C11H18N2O2/c1-3-4-5-6-11(14)15-10(2)13-8-7-12-9-13/h7-10H,3-6H2,1-2H3. The van der Waals surface area contributed by atoms with Gasteiger partial charge in [0.05, 0.1) is 6.33 Å². The summed E-state index contributed by atoms with van der Waals surface area (Å²) < 4.78 is 6.99. The predicted octanol–water partition coefficient (Wildman–Crippen LogP) is 2.53. The summed E-state index contributed by atoms with van der Waals surface area (Å²) in [5.41, 5.74) is 0. The van der Waals surface area contributed by atoms with Crippen LogP contribution in [0, 0.1) is 0 Å². The maximum absolute atomic E-state index is 11.4. The molecule has 0 saturated carbocycles. The number of unbranched alkanes of at least 4 members (excludes halogenated alkanes) is 2. The van der Waals surface area contributed by atoms with Crippen LogP contribution in [0.1, 0.15) is 45.8 Å². The Morgan fingerprint density at radius 2 is 2.33 bits per heavy atom. The number of aromatic nitrogens is 2. The molecule has 0 fully saturated rings. The van der Waals surface area contributed by atoms with Crippen molar-refractivity contribution in [1.29, 1.82) is 0 Å². The van der Waals surface area contributed by atoms with Gasteiger partial charge in [-0.2, -0.15) is 0 Å². The summed E-state index contributed by atoms with van der Waals surface area (Å²) >= 11 is 0. The van der Waals surface area contributed by atoms with Gasteiger partial charge in [0.2, 0.25) is 0 Å². The molecule has 1 unspecified atom stereocenters. The highest BCUT2D eigenvalue weighted by Gasteiger charge is 2.09. The molecule has 4 heteroatoms. The molecule has 0 N–H and O–H groups in total. The number of carbonyl (C=O) groups excluding carboxylic acids is 1. The number of hydrogen-bond acceptors (Lipinski definition) is 3. The lowest BCUT2D eigenvalue weighted by atomic mass is 10.2. The van der Waals surface area contributed by atoms with E-state index in [0.717, 1.165) is 19.3 Å². The normalized spacial score (nSPS) is 12.4. The fourth-order valence-corrected chi connectivity index (χ4v) is 1.31. The molecule has 0 aliphatic rings. The summed E-state index contributed by atoms with van der Waals surface area (Å²) in [7, 11) is 0. The molecule has 0 aliphatic carbocycles. The van der Waals surface area contributed by atoms with Gasteiger partial charge >= 0.3 is 5.97 Å². The van der Waals surface area contributed by atoms with Crippen LogP contribution in [-0.4, -0.2) is 15.5 Å². The Bertz CT molecular complexity index is 283. The van der Waals surface area contributed by atoms with Crippen LogP contribution in [0.25, 0.3) is 0 Å². The minimum atomic E-state index is -0.262. The fraction of sp³-hybridized carbons (Fsp3) is 0.636. The molecular formula is C11H18N2O2. The lowest BCUT2D eigenvalue weighted by molar-refractivity contribution is -0.152. The van der Waals surface area contributed by atoms with Gasteiger partial charge in [0.15, 0.2) is 6.23 Å². The van der Waals surface area contributed by atoms with E-state index >= 15 is 0 Å². The topological polar surface area (TPSA) is 44.1 Å². The molecular weight excluding hydrogens is 192 g/mol. The van der Waals surface area contributed by atoms with Crippen LogP contribution in [0.5, 0.6) is 0 Å². The zero-order valence-electron chi connectivity index (χ0n) is 9.35. The SMILES string of the molecule is CCCCCC(=O)OC(C)n1ccnc1. The molecule has 1 aromatic heterocycles. The van der Waals surface area contributed by atoms with E-state index in [4.69, 9.17) is 4.74 Å². The second kappa shape index (κ2) is 6.22. The Morgan fingerprint density at radius 3 is 2.93 bits per heavy atom. The van der Waals surface area contributed by atoms with Gasteiger partial charge in [0.25, 0.3) is 0 Å². The van der Waals surface area contributed by atoms with Crippen molar-refractivity contribution in [1.82, 2.24) is 9.55 Å². The molecule has 0 bridgehead atoms. The maximum Gasteiger partial charge on any atom is 0.307 e. The van der Waals surface area contributed by atoms with Gasteiger partial charge in [0, 0.05) is 18.8 Å². The van der Waals surface area contributed by atoms with Gasteiger partial charge in [-0.05, 0) is 13.3 Å². The number of ether oxygens (including phenoxy) is 1. The van der Waals surface area contributed by atoms with E-state index in [-0.39, 0.29) is 12.2 Å². The van der Waals surface area contributed by atoms with Crippen molar-refractivity contribution < 1.29 is 9.53 Å². The Balaban J connectivity index is 2.26. The summed E-state index contributed by atoms with van der Waals surface area (Å²) in [6.45, 7) is 3.94. The maximum atomic E-state index is 11.4. The Morgan fingerprint density at radius 1 is 1.53 bits per heavy atom. The molecule has 4 nitrogen and oxygen atoms in total. The molecule has 0 radical (unpaired) electrons. The van der Waals surface area contributed by atoms with E-state index in [0.29, 0.717) is 6.42 Å². The molecule has 0 spiro atoms. The van der Waals surface area contributed by atoms with Gasteiger partial charge in [-0.1, -0.05) is 19.8 Å². The van der Waals surface area contributed by atoms with E-state index in [1.165, 1.54) is 0 Å². The summed E-state index contributed by atoms with van der Waals surface area (Å²) in [6, 6.07) is 0. The smallest absolute Gasteiger partial charge is 0.307 e. The zero-order valence-corrected chi connectivity index (χ0v) is 9.35. The molecule has 1 atom stereocenters. The first-order chi connectivity index (χ1) is 7.24. The fourth-order valence-electron chi connectivity index (χ4n) is 1.31. The van der Waals surface area contributed by atoms with Crippen molar-refractivity contribution in [2.24, 2.45) is 0 Å². The van der Waals surface area contributed by atoms with Crippen LogP contribution in [0.4, 0.5) is 0 Å². The number of rotatable bonds is 6. The van der Waals surface area contributed by atoms with Crippen molar-refractivity contribution in [3.05, 3.63) is 18.7 Å². The van der Waals surface area contributed by atoms with Crippen LogP contribution in [-0.2, 0) is 9.53 Å². The third-order valence-corrected chi connectivity index (χ3v) is 2.23. The monoisotopic (exact) mass is 210 g/mol. The third kappa shape index (κ3) is 4.14. The lowest BCUT2D eigenvalue weighted by Gasteiger charge is -2.13. The van der Waals surface area contributed by atoms with Crippen LogP contribution in [0.15, 0.2) is 18.7 Å². The highest BCUT2D eigenvalue weighted by Crippen LogP contribution is 2.09. The van der Waals surface area contributed by atoms with Gasteiger partial charge in [-0.3, -0.25) is 4.79 Å². The van der Waals surface area contributed by atoms with Crippen molar-refractivity contribution >= 4 is 5.97 Å². The Hall–Kier alpha value is -1.32. The first-order valence-corrected chi connectivity index (χ1v) is 5.41. The van der Waals surface area contributed by atoms with Crippen LogP contribution in [0.2, 0.25) is 0 Å². The summed E-state index contributed by atoms with van der Waals surface area (Å²) in [4.78, 5) is 15.3. The molecule has 1 rings (SSSR count). The Labute approximate surface area is 90.3 Å². The molecule has 0 aromatic carbocycles. The third-order valence-electron chi connectivity index (χ3n) is 2.23. The number of imidazole rings is 1. The van der Waals surface area contributed by atoms with E-state index in [1.807, 2.05) is 6.92 Å². The first kappa shape index (κ1) is 11.8. The molecule has 15 heavy (non-hydrogen) atoms. The second-order valence-electron chi connectivity index (χ2n) is 3.56. The van der Waals surface area contributed by atoms with Gasteiger partial charge < -0.3 is 9.30 Å². The number of nitrogens with zero attached hydrogens (tertiary/aromatic N) is 2. The van der Waals surface area contributed by atoms with Gasteiger partial charge in [-0.15, -0.1) is 0 Å². The summed E-state index contributed by atoms with van der Waals surface area (Å²) in [5.74, 6) is -0.135. The van der Waals surface area contributed by atoms with Crippen molar-refractivity contribution in [2.45, 2.75) is 45.8 Å². The molecule has 0 amide bonds. The zero-order chi connectivity index (χ0) is 11.1. The van der Waals surface area contributed by atoms with E-state index in [1.54, 1.807) is 23.3 Å². The highest BCUT2D eigenvalue weighted by molar-refractivity contribution is 5.69. The van der Waals surface area contributed by atoms with Gasteiger partial charge in [-0.25, -0.2) is 4.98 Å². The number of esters is 1. The molecule has 84 valence electrons. The largest absolute Gasteiger partial charge is 0.441 e. The van der Waals surface area contributed by atoms with Crippen molar-refractivity contribution in [3.8, 4) is 0 Å². The first-order valence-electron chi connectivity index (χ1n) is 5.41. The van der Waals surface area contributed by atoms with Crippen LogP contribution >= 0.6 is 0 Å². The summed E-state index contributed by atoms with van der Waals surface area (Å²) in [5, 5.41) is 0. The van der Waals surface area contributed by atoms with Crippen molar-refractivity contribution in [3.63, 3.8) is 0 Å². The lowest BCUT2D eigenvalue weighted by Crippen LogP contribution is -2.13. The molecule has 0 saturated heterocycles. The predicted molar refractivity (Wildman–Crippen MR) is 57.2 cm³/mol. The highest BCUT2D eigenvalue weighted by atomic mass is 16.6. The molecule has 1 aromatic rings. The number of carbonyl (C=O) groups is 1. The van der Waals surface area contributed by atoms with E-state index < -0.39 is 0 Å². The van der Waals surface area contributed by atoms with Gasteiger partial charge in [0.1, 0.15) is 0 Å². The Kier molecular flexibility index (Phi) is 4.87.